The number of hydrogen-bond donors (Lipinski definition) is 3. The van der Waals surface area contributed by atoms with Gasteiger partial charge in [0.05, 0.1) is 17.6 Å². The summed E-state index contributed by atoms with van der Waals surface area (Å²) in [5.41, 5.74) is 10.5. The van der Waals surface area contributed by atoms with E-state index in [1.807, 2.05) is 51.1 Å². The van der Waals surface area contributed by atoms with Gasteiger partial charge in [-0.1, -0.05) is 23.9 Å². The zero-order valence-corrected chi connectivity index (χ0v) is 21.3. The summed E-state index contributed by atoms with van der Waals surface area (Å²) >= 11 is 1.37. The second-order valence-electron chi connectivity index (χ2n) is 9.95. The summed E-state index contributed by atoms with van der Waals surface area (Å²) in [6.07, 6.45) is 3.87. The number of benzene rings is 2. The molecule has 4 aromatic rings. The molecule has 1 fully saturated rings. The highest BCUT2D eigenvalue weighted by atomic mass is 32.2. The van der Waals surface area contributed by atoms with E-state index >= 15 is 0 Å². The predicted octanol–water partition coefficient (Wildman–Crippen LogP) is 5.04. The Kier molecular flexibility index (Phi) is 6.44. The molecule has 36 heavy (non-hydrogen) atoms. The van der Waals surface area contributed by atoms with Crippen molar-refractivity contribution in [2.75, 3.05) is 11.9 Å². The van der Waals surface area contributed by atoms with Crippen LogP contribution in [-0.2, 0) is 0 Å². The van der Waals surface area contributed by atoms with Crippen LogP contribution in [0.1, 0.15) is 42.6 Å². The molecule has 2 aromatic carbocycles. The third kappa shape index (κ3) is 5.52. The summed E-state index contributed by atoms with van der Waals surface area (Å²) in [5.74, 6) is -0.337. The average Bonchev–Trinajstić information content (AvgIpc) is 3.52. The molecule has 2 heterocycles. The van der Waals surface area contributed by atoms with Crippen LogP contribution in [0.5, 0.6) is 0 Å². The number of aryl methyl sites for hydroxylation is 1. The van der Waals surface area contributed by atoms with Crippen LogP contribution < -0.4 is 16.4 Å². The van der Waals surface area contributed by atoms with Gasteiger partial charge in [-0.15, -0.1) is 0 Å². The molecule has 9 heteroatoms. The van der Waals surface area contributed by atoms with Gasteiger partial charge in [0.2, 0.25) is 0 Å². The van der Waals surface area contributed by atoms with E-state index in [4.69, 9.17) is 10.8 Å². The SMILES string of the molecule is Cc1cc(-c2cnc3c(NCC(C)(C)N)cc(Sc4cccc(F)c4)nn23)ccc1C(=O)NC1CC1. The van der Waals surface area contributed by atoms with E-state index in [1.165, 1.54) is 23.9 Å². The van der Waals surface area contributed by atoms with Gasteiger partial charge in [0.25, 0.3) is 5.91 Å². The minimum Gasteiger partial charge on any atom is -0.380 e. The van der Waals surface area contributed by atoms with E-state index in [1.54, 1.807) is 16.8 Å². The van der Waals surface area contributed by atoms with Gasteiger partial charge in [0.15, 0.2) is 5.65 Å². The molecule has 0 spiro atoms. The van der Waals surface area contributed by atoms with Crippen LogP contribution in [0.2, 0.25) is 0 Å². The highest BCUT2D eigenvalue weighted by molar-refractivity contribution is 7.99. The monoisotopic (exact) mass is 504 g/mol. The maximum absolute atomic E-state index is 13.8. The molecule has 0 aliphatic heterocycles. The first-order valence-electron chi connectivity index (χ1n) is 11.9. The van der Waals surface area contributed by atoms with E-state index in [0.29, 0.717) is 28.8 Å². The number of carbonyl (C=O) groups excluding carboxylic acids is 1. The number of nitrogens with two attached hydrogens (primary N) is 1. The number of carbonyl (C=O) groups is 1. The van der Waals surface area contributed by atoms with Gasteiger partial charge in [-0.3, -0.25) is 4.79 Å². The number of hydrogen-bond acceptors (Lipinski definition) is 6. The number of nitrogens with one attached hydrogen (secondary N) is 2. The third-order valence-electron chi connectivity index (χ3n) is 5.88. The second kappa shape index (κ2) is 9.55. The maximum Gasteiger partial charge on any atom is 0.251 e. The van der Waals surface area contributed by atoms with Crippen molar-refractivity contribution in [1.82, 2.24) is 19.9 Å². The first-order chi connectivity index (χ1) is 17.2. The first kappa shape index (κ1) is 24.3. The van der Waals surface area contributed by atoms with Crippen molar-refractivity contribution in [3.05, 3.63) is 71.7 Å². The quantitative estimate of drug-likeness (QED) is 0.311. The molecule has 2 aromatic heterocycles. The van der Waals surface area contributed by atoms with Crippen molar-refractivity contribution in [2.45, 2.75) is 55.1 Å². The number of halogens is 1. The number of imidazole rings is 1. The minimum absolute atomic E-state index is 0.0394. The number of fused-ring (bicyclic) bond motifs is 1. The topological polar surface area (TPSA) is 97.3 Å². The van der Waals surface area contributed by atoms with Gasteiger partial charge in [0.1, 0.15) is 10.8 Å². The smallest absolute Gasteiger partial charge is 0.251 e. The highest BCUT2D eigenvalue weighted by Crippen LogP contribution is 2.32. The van der Waals surface area contributed by atoms with Crippen LogP contribution in [0.3, 0.4) is 0 Å². The molecule has 0 unspecified atom stereocenters. The molecule has 0 atom stereocenters. The van der Waals surface area contributed by atoms with Crippen molar-refractivity contribution < 1.29 is 9.18 Å². The molecule has 7 nitrogen and oxygen atoms in total. The van der Waals surface area contributed by atoms with Gasteiger partial charge in [0, 0.05) is 34.1 Å². The van der Waals surface area contributed by atoms with Crippen molar-refractivity contribution in [2.24, 2.45) is 5.73 Å². The Hall–Kier alpha value is -3.43. The van der Waals surface area contributed by atoms with Crippen LogP contribution in [0.4, 0.5) is 10.1 Å². The number of rotatable bonds is 8. The Morgan fingerprint density at radius 1 is 1.22 bits per heavy atom. The van der Waals surface area contributed by atoms with Crippen LogP contribution >= 0.6 is 11.8 Å². The predicted molar refractivity (Wildman–Crippen MR) is 141 cm³/mol. The van der Waals surface area contributed by atoms with Crippen LogP contribution in [0.15, 0.2) is 64.6 Å². The number of nitrogens with zero attached hydrogens (tertiary/aromatic N) is 3. The lowest BCUT2D eigenvalue weighted by atomic mass is 10.0. The van der Waals surface area contributed by atoms with Gasteiger partial charge < -0.3 is 16.4 Å². The van der Waals surface area contributed by atoms with E-state index in [2.05, 4.69) is 15.6 Å². The molecule has 0 bridgehead atoms. The lowest BCUT2D eigenvalue weighted by Gasteiger charge is -2.20. The van der Waals surface area contributed by atoms with Gasteiger partial charge in [-0.05, 0) is 75.6 Å². The molecule has 1 amide bonds. The normalized spacial score (nSPS) is 13.7. The zero-order valence-electron chi connectivity index (χ0n) is 20.5. The maximum atomic E-state index is 13.8. The average molecular weight is 505 g/mol. The van der Waals surface area contributed by atoms with Crippen LogP contribution in [-0.4, -0.2) is 38.6 Å². The summed E-state index contributed by atoms with van der Waals surface area (Å²) in [7, 11) is 0. The summed E-state index contributed by atoms with van der Waals surface area (Å²) < 4.78 is 15.6. The standard InChI is InChI=1S/C27H29FN6OS/c1-16-11-17(7-10-21(16)26(35)32-19-8-9-19)23-14-30-25-22(31-15-27(2,3)29)13-24(33-34(23)25)36-20-6-4-5-18(28)12-20/h4-7,10-14,19,31H,8-9,15,29H2,1-3H3,(H,32,35). The molecule has 1 saturated carbocycles. The van der Waals surface area contributed by atoms with Gasteiger partial charge >= 0.3 is 0 Å². The Bertz CT molecular complexity index is 1440. The zero-order chi connectivity index (χ0) is 25.4. The number of aromatic nitrogens is 3. The fourth-order valence-corrected chi connectivity index (χ4v) is 4.72. The van der Waals surface area contributed by atoms with Crippen molar-refractivity contribution in [1.29, 1.82) is 0 Å². The summed E-state index contributed by atoms with van der Waals surface area (Å²) in [6.45, 7) is 6.36. The Morgan fingerprint density at radius 2 is 2.03 bits per heavy atom. The summed E-state index contributed by atoms with van der Waals surface area (Å²) in [6, 6.07) is 14.4. The molecule has 1 aliphatic carbocycles. The van der Waals surface area contributed by atoms with E-state index in [-0.39, 0.29) is 11.7 Å². The summed E-state index contributed by atoms with van der Waals surface area (Å²) in [4.78, 5) is 18.0. The third-order valence-corrected chi connectivity index (χ3v) is 6.78. The van der Waals surface area contributed by atoms with Gasteiger partial charge in [-0.2, -0.15) is 5.10 Å². The van der Waals surface area contributed by atoms with Crippen molar-refractivity contribution in [3.63, 3.8) is 0 Å². The van der Waals surface area contributed by atoms with Crippen molar-refractivity contribution in [3.8, 4) is 11.3 Å². The van der Waals surface area contributed by atoms with E-state index < -0.39 is 5.54 Å². The lowest BCUT2D eigenvalue weighted by molar-refractivity contribution is 0.0950. The lowest BCUT2D eigenvalue weighted by Crippen LogP contribution is -2.39. The summed E-state index contributed by atoms with van der Waals surface area (Å²) in [5, 5.41) is 11.9. The van der Waals surface area contributed by atoms with E-state index in [9.17, 15) is 9.18 Å². The Balaban J connectivity index is 1.54. The fraction of sp³-hybridized carbons (Fsp3) is 0.296. The number of anilines is 1. The molecule has 5 rings (SSSR count). The largest absolute Gasteiger partial charge is 0.380 e. The minimum atomic E-state index is -0.431. The highest BCUT2D eigenvalue weighted by Gasteiger charge is 2.24. The number of amides is 1. The molecular weight excluding hydrogens is 475 g/mol. The van der Waals surface area contributed by atoms with Crippen LogP contribution in [0.25, 0.3) is 16.9 Å². The molecule has 0 saturated heterocycles. The molecule has 1 aliphatic rings. The van der Waals surface area contributed by atoms with Gasteiger partial charge in [-0.25, -0.2) is 13.9 Å². The molecule has 186 valence electrons. The fourth-order valence-electron chi connectivity index (χ4n) is 3.87. The molecule has 0 radical (unpaired) electrons. The molecular formula is C27H29FN6OS. The Labute approximate surface area is 213 Å². The van der Waals surface area contributed by atoms with Crippen molar-refractivity contribution >= 4 is 29.0 Å². The van der Waals surface area contributed by atoms with E-state index in [0.717, 1.165) is 40.2 Å². The molecule has 4 N–H and O–H groups in total. The Morgan fingerprint density at radius 3 is 2.72 bits per heavy atom. The second-order valence-corrected chi connectivity index (χ2v) is 11.0. The first-order valence-corrected chi connectivity index (χ1v) is 12.7. The van der Waals surface area contributed by atoms with Crippen LogP contribution in [0, 0.1) is 12.7 Å².